The summed E-state index contributed by atoms with van der Waals surface area (Å²) < 4.78 is 0. The number of unbranched alkanes of at least 4 members (excludes halogenated alkanes) is 1. The number of benzene rings is 1. The van der Waals surface area contributed by atoms with Crippen molar-refractivity contribution in [2.24, 2.45) is 0 Å². The molecule has 0 saturated carbocycles. The largest absolute Gasteiger partial charge is 0.355 e. The first-order valence-electron chi connectivity index (χ1n) is 11.4. The molecule has 0 bridgehead atoms. The highest BCUT2D eigenvalue weighted by atomic mass is 16.2. The molecule has 8 nitrogen and oxygen atoms in total. The number of amides is 3. The zero-order valence-corrected chi connectivity index (χ0v) is 19.2. The molecule has 172 valence electrons. The molecule has 1 aromatic carbocycles. The Balaban J connectivity index is 1.77. The lowest BCUT2D eigenvalue weighted by molar-refractivity contribution is -0.123. The molecule has 3 amide bonds. The average Bonchev–Trinajstić information content (AvgIpc) is 2.76. The van der Waals surface area contributed by atoms with Crippen LogP contribution < -0.4 is 10.6 Å². The molecule has 31 heavy (non-hydrogen) atoms. The maximum Gasteiger partial charge on any atom is 0.253 e. The van der Waals surface area contributed by atoms with Gasteiger partial charge in [-0.25, -0.2) is 0 Å². The Hall–Kier alpha value is -2.45. The van der Waals surface area contributed by atoms with Crippen LogP contribution in [0.3, 0.4) is 0 Å². The van der Waals surface area contributed by atoms with Crippen LogP contribution in [-0.4, -0.2) is 91.3 Å². The fourth-order valence-corrected chi connectivity index (χ4v) is 3.60. The number of hydrogen-bond donors (Lipinski definition) is 2. The van der Waals surface area contributed by atoms with E-state index in [0.717, 1.165) is 45.6 Å². The zero-order valence-electron chi connectivity index (χ0n) is 19.2. The molecule has 0 aromatic heterocycles. The van der Waals surface area contributed by atoms with Crippen LogP contribution in [0, 0.1) is 0 Å². The minimum absolute atomic E-state index is 0.0315. The second-order valence-electron chi connectivity index (χ2n) is 7.86. The van der Waals surface area contributed by atoms with Gasteiger partial charge in [0.05, 0.1) is 13.1 Å². The lowest BCUT2D eigenvalue weighted by atomic mass is 10.1. The summed E-state index contributed by atoms with van der Waals surface area (Å²) in [6.07, 6.45) is 2.07. The maximum atomic E-state index is 12.5. The lowest BCUT2D eigenvalue weighted by Gasteiger charge is -2.33. The quantitative estimate of drug-likeness (QED) is 0.521. The van der Waals surface area contributed by atoms with Gasteiger partial charge in [0.1, 0.15) is 0 Å². The highest BCUT2D eigenvalue weighted by Crippen LogP contribution is 2.13. The number of carbonyl (C=O) groups excluding carboxylic acids is 3. The minimum atomic E-state index is -0.0989. The molecule has 8 heteroatoms. The van der Waals surface area contributed by atoms with Gasteiger partial charge in [0.15, 0.2) is 0 Å². The topological polar surface area (TPSA) is 85.0 Å². The molecule has 0 atom stereocenters. The fourth-order valence-electron chi connectivity index (χ4n) is 3.60. The van der Waals surface area contributed by atoms with Gasteiger partial charge in [-0.15, -0.1) is 0 Å². The standard InChI is InChI=1S/C23H37N5O3/c1-4-7-11-24-21(29)17-26-12-14-27(15-13-26)18-22(30)25-20-10-8-9-19(16-20)23(31)28(5-2)6-3/h8-10,16H,4-7,11-15,17-18H2,1-3H3,(H,24,29)(H,25,30). The smallest absolute Gasteiger partial charge is 0.253 e. The summed E-state index contributed by atoms with van der Waals surface area (Å²) in [6, 6.07) is 7.09. The van der Waals surface area contributed by atoms with Crippen LogP contribution >= 0.6 is 0 Å². The van der Waals surface area contributed by atoms with Gasteiger partial charge < -0.3 is 15.5 Å². The van der Waals surface area contributed by atoms with Crippen molar-refractivity contribution in [3.05, 3.63) is 29.8 Å². The highest BCUT2D eigenvalue weighted by Gasteiger charge is 2.21. The van der Waals surface area contributed by atoms with Crippen molar-refractivity contribution in [2.45, 2.75) is 33.6 Å². The van der Waals surface area contributed by atoms with E-state index in [4.69, 9.17) is 0 Å². The molecule has 1 fully saturated rings. The molecular weight excluding hydrogens is 394 g/mol. The number of rotatable bonds is 11. The number of carbonyl (C=O) groups is 3. The maximum absolute atomic E-state index is 12.5. The van der Waals surface area contributed by atoms with E-state index in [1.165, 1.54) is 0 Å². The summed E-state index contributed by atoms with van der Waals surface area (Å²) >= 11 is 0. The minimum Gasteiger partial charge on any atom is -0.355 e. The third-order valence-electron chi connectivity index (χ3n) is 5.50. The lowest BCUT2D eigenvalue weighted by Crippen LogP contribution is -2.51. The predicted octanol–water partition coefficient (Wildman–Crippen LogP) is 1.64. The van der Waals surface area contributed by atoms with Gasteiger partial charge in [-0.2, -0.15) is 0 Å². The number of nitrogens with zero attached hydrogens (tertiary/aromatic N) is 3. The molecule has 2 N–H and O–H groups in total. The molecule has 0 radical (unpaired) electrons. The fraction of sp³-hybridized carbons (Fsp3) is 0.609. The first kappa shape index (κ1) is 24.8. The number of piperazine rings is 1. The van der Waals surface area contributed by atoms with Gasteiger partial charge in [-0.3, -0.25) is 24.2 Å². The van der Waals surface area contributed by atoms with E-state index < -0.39 is 0 Å². The summed E-state index contributed by atoms with van der Waals surface area (Å²) in [6.45, 7) is 11.8. The van der Waals surface area contributed by atoms with Crippen molar-refractivity contribution in [3.8, 4) is 0 Å². The summed E-state index contributed by atoms with van der Waals surface area (Å²) in [7, 11) is 0. The van der Waals surface area contributed by atoms with Crippen molar-refractivity contribution in [2.75, 3.05) is 64.2 Å². The van der Waals surface area contributed by atoms with Gasteiger partial charge in [-0.05, 0) is 38.5 Å². The van der Waals surface area contributed by atoms with E-state index in [1.807, 2.05) is 13.8 Å². The molecule has 1 saturated heterocycles. The SMILES string of the molecule is CCCCNC(=O)CN1CCN(CC(=O)Nc2cccc(C(=O)N(CC)CC)c2)CC1. The van der Waals surface area contributed by atoms with E-state index in [0.29, 0.717) is 37.4 Å². The van der Waals surface area contributed by atoms with Crippen molar-refractivity contribution in [3.63, 3.8) is 0 Å². The van der Waals surface area contributed by atoms with Crippen LogP contribution in [0.1, 0.15) is 44.0 Å². The molecule has 1 heterocycles. The Morgan fingerprint density at radius 1 is 0.935 bits per heavy atom. The monoisotopic (exact) mass is 431 g/mol. The van der Waals surface area contributed by atoms with E-state index in [2.05, 4.69) is 27.4 Å². The molecule has 0 spiro atoms. The summed E-state index contributed by atoms with van der Waals surface area (Å²) in [5.74, 6) is -0.0621. The van der Waals surface area contributed by atoms with Crippen LogP contribution in [0.2, 0.25) is 0 Å². The van der Waals surface area contributed by atoms with Crippen molar-refractivity contribution in [1.82, 2.24) is 20.0 Å². The third kappa shape index (κ3) is 8.30. The zero-order chi connectivity index (χ0) is 22.6. The molecule has 1 aliphatic rings. The normalized spacial score (nSPS) is 14.8. The average molecular weight is 432 g/mol. The molecule has 0 aliphatic carbocycles. The second-order valence-corrected chi connectivity index (χ2v) is 7.86. The van der Waals surface area contributed by atoms with Crippen molar-refractivity contribution < 1.29 is 14.4 Å². The van der Waals surface area contributed by atoms with Gasteiger partial charge >= 0.3 is 0 Å². The van der Waals surface area contributed by atoms with Crippen molar-refractivity contribution in [1.29, 1.82) is 0 Å². The van der Waals surface area contributed by atoms with E-state index in [9.17, 15) is 14.4 Å². The third-order valence-corrected chi connectivity index (χ3v) is 5.50. The number of hydrogen-bond acceptors (Lipinski definition) is 5. The summed E-state index contributed by atoms with van der Waals surface area (Å²) in [5.41, 5.74) is 1.21. The molecular formula is C23H37N5O3. The Kier molecular flexibility index (Phi) is 10.5. The van der Waals surface area contributed by atoms with Gasteiger partial charge in [0.25, 0.3) is 5.91 Å². The van der Waals surface area contributed by atoms with Gasteiger partial charge in [-0.1, -0.05) is 19.4 Å². The molecule has 1 aliphatic heterocycles. The van der Waals surface area contributed by atoms with E-state index in [1.54, 1.807) is 29.2 Å². The number of anilines is 1. The van der Waals surface area contributed by atoms with Crippen LogP contribution in [-0.2, 0) is 9.59 Å². The van der Waals surface area contributed by atoms with Gasteiger partial charge in [0.2, 0.25) is 11.8 Å². The Morgan fingerprint density at radius 3 is 2.13 bits per heavy atom. The molecule has 0 unspecified atom stereocenters. The molecule has 1 aromatic rings. The summed E-state index contributed by atoms with van der Waals surface area (Å²) in [4.78, 5) is 42.9. The number of nitrogens with one attached hydrogen (secondary N) is 2. The van der Waals surface area contributed by atoms with Crippen molar-refractivity contribution >= 4 is 23.4 Å². The highest BCUT2D eigenvalue weighted by molar-refractivity contribution is 5.97. The first-order chi connectivity index (χ1) is 15.0. The van der Waals surface area contributed by atoms with E-state index >= 15 is 0 Å². The predicted molar refractivity (Wildman–Crippen MR) is 123 cm³/mol. The van der Waals surface area contributed by atoms with Crippen LogP contribution in [0.4, 0.5) is 5.69 Å². The van der Waals surface area contributed by atoms with Gasteiger partial charge in [0, 0.05) is 57.1 Å². The Morgan fingerprint density at radius 2 is 1.55 bits per heavy atom. The van der Waals surface area contributed by atoms with E-state index in [-0.39, 0.29) is 17.7 Å². The Labute approximate surface area is 185 Å². The Bertz CT molecular complexity index is 728. The molecule has 2 rings (SSSR count). The van der Waals surface area contributed by atoms with Crippen LogP contribution in [0.15, 0.2) is 24.3 Å². The first-order valence-corrected chi connectivity index (χ1v) is 11.4. The van der Waals surface area contributed by atoms with Crippen LogP contribution in [0.25, 0.3) is 0 Å². The second kappa shape index (κ2) is 13.1. The van der Waals surface area contributed by atoms with Crippen LogP contribution in [0.5, 0.6) is 0 Å². The summed E-state index contributed by atoms with van der Waals surface area (Å²) in [5, 5.41) is 5.85.